The van der Waals surface area contributed by atoms with Gasteiger partial charge in [-0.2, -0.15) is 0 Å². The summed E-state index contributed by atoms with van der Waals surface area (Å²) in [4.78, 5) is 8.98. The Bertz CT molecular complexity index is 3520. The Morgan fingerprint density at radius 3 is 1.86 bits per heavy atom. The quantitative estimate of drug-likeness (QED) is 0.149. The van der Waals surface area contributed by atoms with Gasteiger partial charge in [0.25, 0.3) is 0 Å². The SMILES string of the molecule is [2H]C([2H])([2H])c1c[c-]c(-c2ccc(C([2H])([2H])C(C)(C)C)cn2)cc1-c1ccccc1.[2H]C([2H])([2H])c1cnc(-c2[c-]ccc3c2oc2c(-c4ccccc4)cccc23)cc1-c1ccc(C([2H])([2H])C(C)(C)C)cc1C([2H])([2H])[2H].[Ir]. The fourth-order valence-corrected chi connectivity index (χ4v) is 7.46. The van der Waals surface area contributed by atoms with Crippen molar-refractivity contribution in [1.82, 2.24) is 9.97 Å². The number of aromatic nitrogens is 2. The number of aryl methyl sites for hydroxylation is 3. The van der Waals surface area contributed by atoms with Crippen LogP contribution in [0.3, 0.4) is 0 Å². The molecule has 0 fully saturated rings. The van der Waals surface area contributed by atoms with Crippen molar-refractivity contribution >= 4 is 21.9 Å². The van der Waals surface area contributed by atoms with Crippen molar-refractivity contribution < 1.29 is 42.3 Å². The van der Waals surface area contributed by atoms with Crippen molar-refractivity contribution in [2.45, 2.75) is 74.8 Å². The molecular weight excluding hydrogens is 945 g/mol. The van der Waals surface area contributed by atoms with Gasteiger partial charge in [-0.1, -0.05) is 180 Å². The maximum Gasteiger partial charge on any atom is 0.128 e. The van der Waals surface area contributed by atoms with Crippen molar-refractivity contribution in [3.63, 3.8) is 0 Å². The molecule has 9 aromatic rings. The largest absolute Gasteiger partial charge is 0.500 e. The molecule has 0 N–H and O–H groups in total. The maximum atomic E-state index is 8.74. The molecule has 0 aliphatic rings. The second kappa shape index (κ2) is 18.8. The second-order valence-corrected chi connectivity index (χ2v) is 17.3. The molecule has 3 nitrogen and oxygen atoms in total. The second-order valence-electron chi connectivity index (χ2n) is 17.3. The molecule has 0 saturated heterocycles. The van der Waals surface area contributed by atoms with Gasteiger partial charge in [0, 0.05) is 61.3 Å². The Balaban J connectivity index is 0.000000242. The topological polar surface area (TPSA) is 38.9 Å². The van der Waals surface area contributed by atoms with Crippen molar-refractivity contribution in [1.29, 1.82) is 0 Å². The van der Waals surface area contributed by atoms with Crippen LogP contribution in [0.5, 0.6) is 0 Å². The van der Waals surface area contributed by atoms with E-state index in [0.717, 1.165) is 27.5 Å². The molecule has 0 amide bonds. The monoisotopic (exact) mass is 1010 g/mol. The third-order valence-corrected chi connectivity index (χ3v) is 10.1. The summed E-state index contributed by atoms with van der Waals surface area (Å²) in [5, 5.41) is 1.74. The summed E-state index contributed by atoms with van der Waals surface area (Å²) in [6.45, 7) is 3.29. The predicted octanol–water partition coefficient (Wildman–Crippen LogP) is 16.1. The Hall–Kier alpha value is -5.93. The zero-order valence-corrected chi connectivity index (χ0v) is 38.5. The first kappa shape index (κ1) is 31.0. The first-order valence-corrected chi connectivity index (χ1v) is 20.6. The fraction of sp³-hybridized carbons (Fsp3) is 0.220. The van der Waals surface area contributed by atoms with Crippen LogP contribution >= 0.6 is 0 Å². The van der Waals surface area contributed by atoms with Crippen LogP contribution < -0.4 is 0 Å². The van der Waals surface area contributed by atoms with Gasteiger partial charge in [0.2, 0.25) is 0 Å². The number of fused-ring (bicyclic) bond motifs is 3. The van der Waals surface area contributed by atoms with E-state index in [1.54, 1.807) is 57.3 Å². The molecule has 0 spiro atoms. The number of nitrogens with zero attached hydrogens (tertiary/aromatic N) is 2. The van der Waals surface area contributed by atoms with Gasteiger partial charge in [0.1, 0.15) is 5.58 Å². The van der Waals surface area contributed by atoms with Gasteiger partial charge >= 0.3 is 0 Å². The van der Waals surface area contributed by atoms with Gasteiger partial charge in [0.15, 0.2) is 0 Å². The first-order valence-electron chi connectivity index (χ1n) is 27.1. The van der Waals surface area contributed by atoms with Gasteiger partial charge in [-0.15, -0.1) is 47.5 Å². The Morgan fingerprint density at radius 1 is 0.540 bits per heavy atom. The molecule has 1 radical (unpaired) electrons. The summed E-state index contributed by atoms with van der Waals surface area (Å²) in [6.07, 6.45) is -0.572. The van der Waals surface area contributed by atoms with Crippen molar-refractivity contribution in [3.8, 4) is 55.9 Å². The summed E-state index contributed by atoms with van der Waals surface area (Å²) in [5.74, 6) is 0. The molecule has 0 unspecified atom stereocenters. The molecular formula is C59H56IrN2O-2. The summed E-state index contributed by atoms with van der Waals surface area (Å²) >= 11 is 0. The number of hydrogen-bond acceptors (Lipinski definition) is 3. The molecule has 0 saturated carbocycles. The minimum Gasteiger partial charge on any atom is -0.500 e. The van der Waals surface area contributed by atoms with Crippen LogP contribution in [0.4, 0.5) is 0 Å². The molecule has 6 aromatic carbocycles. The van der Waals surface area contributed by atoms with Crippen molar-refractivity contribution in [2.75, 3.05) is 0 Å². The van der Waals surface area contributed by atoms with Crippen LogP contribution in [0.1, 0.15) is 87.2 Å². The normalized spacial score (nSPS) is 15.7. The Labute approximate surface area is 406 Å². The molecule has 0 atom stereocenters. The summed E-state index contributed by atoms with van der Waals surface area (Å²) < 4.78 is 114. The molecule has 0 aliphatic heterocycles. The van der Waals surface area contributed by atoms with E-state index in [1.807, 2.05) is 106 Å². The zero-order valence-electron chi connectivity index (χ0n) is 49.1. The molecule has 4 heteroatoms. The van der Waals surface area contributed by atoms with Crippen LogP contribution in [0.2, 0.25) is 0 Å². The molecule has 3 aromatic heterocycles. The molecule has 0 aliphatic carbocycles. The molecule has 0 bridgehead atoms. The van der Waals surface area contributed by atoms with E-state index in [-0.39, 0.29) is 53.5 Å². The predicted molar refractivity (Wildman–Crippen MR) is 261 cm³/mol. The van der Waals surface area contributed by atoms with Crippen molar-refractivity contribution in [3.05, 3.63) is 192 Å². The van der Waals surface area contributed by atoms with E-state index < -0.39 is 44.1 Å². The first-order chi connectivity index (χ1) is 34.9. The summed E-state index contributed by atoms with van der Waals surface area (Å²) in [5.41, 5.74) is 6.37. The number of furan rings is 1. The number of hydrogen-bond donors (Lipinski definition) is 0. The minimum absolute atomic E-state index is 0. The maximum absolute atomic E-state index is 8.74. The zero-order chi connectivity index (χ0) is 54.7. The average Bonchev–Trinajstić information content (AvgIpc) is 3.77. The van der Waals surface area contributed by atoms with Crippen LogP contribution in [-0.2, 0) is 32.9 Å². The van der Waals surface area contributed by atoms with Gasteiger partial charge in [-0.3, -0.25) is 0 Å². The fourth-order valence-electron chi connectivity index (χ4n) is 7.46. The van der Waals surface area contributed by atoms with Crippen LogP contribution in [0, 0.1) is 43.5 Å². The van der Waals surface area contributed by atoms with E-state index in [2.05, 4.69) is 22.1 Å². The van der Waals surface area contributed by atoms with E-state index in [0.29, 0.717) is 44.8 Å². The van der Waals surface area contributed by atoms with E-state index in [4.69, 9.17) is 22.2 Å². The molecule has 319 valence electrons. The summed E-state index contributed by atoms with van der Waals surface area (Å²) in [7, 11) is 0. The van der Waals surface area contributed by atoms with Crippen LogP contribution in [0.15, 0.2) is 156 Å². The van der Waals surface area contributed by atoms with Crippen molar-refractivity contribution in [2.24, 2.45) is 10.8 Å². The van der Waals surface area contributed by atoms with Gasteiger partial charge in [-0.05, 0) is 93.2 Å². The number of pyridine rings is 2. The number of benzene rings is 6. The minimum atomic E-state index is -2.66. The average molecular weight is 1010 g/mol. The summed E-state index contributed by atoms with van der Waals surface area (Å²) in [6, 6.07) is 47.9. The molecule has 3 heterocycles. The Morgan fingerprint density at radius 2 is 1.19 bits per heavy atom. The van der Waals surface area contributed by atoms with E-state index in [9.17, 15) is 0 Å². The number of rotatable bonds is 7. The Kier molecular flexibility index (Phi) is 9.26. The van der Waals surface area contributed by atoms with Gasteiger partial charge in [0.05, 0.1) is 5.58 Å². The van der Waals surface area contributed by atoms with Crippen LogP contribution in [-0.4, -0.2) is 9.97 Å². The van der Waals surface area contributed by atoms with Gasteiger partial charge < -0.3 is 14.4 Å². The number of para-hydroxylation sites is 1. The standard InChI is InChI=1S/C36H32NO.C23H24N.Ir/c1-23-19-25(21-36(3,4)5)17-18-27(23)32-20-33(37-22-24(32)2)31-16-10-15-30-29-14-9-13-28(34(29)38-35(30)31)26-11-7-6-8-12-26;1-17-10-12-20(14-21(17)19-8-6-5-7-9-19)22-13-11-18(16-24-22)15-23(2,3)4;/h6-15,17-20,22H,21H2,1-5H3;5-11,13-14,16H,15H2,1-4H3;/q2*-1;/i1D3,2D3,21D2;1D3,15D2;. The smallest absolute Gasteiger partial charge is 0.128 e. The van der Waals surface area contributed by atoms with E-state index in [1.165, 1.54) is 30.5 Å². The van der Waals surface area contributed by atoms with Crippen LogP contribution in [0.25, 0.3) is 77.8 Å². The van der Waals surface area contributed by atoms with E-state index >= 15 is 0 Å². The third-order valence-electron chi connectivity index (χ3n) is 10.1. The van der Waals surface area contributed by atoms with Gasteiger partial charge in [-0.25, -0.2) is 0 Å². The molecule has 63 heavy (non-hydrogen) atoms. The third kappa shape index (κ3) is 10.5. The molecule has 9 rings (SSSR count).